The number of hydrogen-bond acceptors (Lipinski definition) is 3. The predicted octanol–water partition coefficient (Wildman–Crippen LogP) is 1.71. The molecule has 0 aliphatic carbocycles. The van der Waals surface area contributed by atoms with Crippen molar-refractivity contribution in [2.75, 3.05) is 6.61 Å². The van der Waals surface area contributed by atoms with Crippen LogP contribution in [0.3, 0.4) is 0 Å². The monoisotopic (exact) mass is 203 g/mol. The van der Waals surface area contributed by atoms with Crippen molar-refractivity contribution in [3.05, 3.63) is 48.0 Å². The minimum atomic E-state index is -1.02. The van der Waals surface area contributed by atoms with Crippen LogP contribution in [-0.4, -0.2) is 22.7 Å². The van der Waals surface area contributed by atoms with Crippen LogP contribution in [-0.2, 0) is 4.74 Å². The lowest BCUT2D eigenvalue weighted by molar-refractivity contribution is 0.0690. The SMILES string of the molecule is O=C(O)c1ncccc1C1=CCOC=C1. The zero-order valence-corrected chi connectivity index (χ0v) is 7.88. The lowest BCUT2D eigenvalue weighted by Crippen LogP contribution is -2.05. The largest absolute Gasteiger partial charge is 0.497 e. The van der Waals surface area contributed by atoms with E-state index in [2.05, 4.69) is 4.98 Å². The van der Waals surface area contributed by atoms with Crippen LogP contribution in [0.2, 0.25) is 0 Å². The number of carboxylic acids is 1. The molecule has 4 heteroatoms. The molecule has 1 aliphatic heterocycles. The lowest BCUT2D eigenvalue weighted by atomic mass is 10.0. The highest BCUT2D eigenvalue weighted by Crippen LogP contribution is 2.20. The smallest absolute Gasteiger partial charge is 0.355 e. The summed E-state index contributed by atoms with van der Waals surface area (Å²) in [6.07, 6.45) is 6.57. The van der Waals surface area contributed by atoms with Gasteiger partial charge < -0.3 is 9.84 Å². The molecule has 0 bridgehead atoms. The molecule has 4 nitrogen and oxygen atoms in total. The standard InChI is InChI=1S/C11H9NO3/c13-11(14)10-9(2-1-5-12-10)8-3-6-15-7-4-8/h1-6H,7H2,(H,13,14). The Hall–Kier alpha value is -2.10. The van der Waals surface area contributed by atoms with Crippen molar-refractivity contribution in [1.29, 1.82) is 0 Å². The summed E-state index contributed by atoms with van der Waals surface area (Å²) in [7, 11) is 0. The molecule has 0 unspecified atom stereocenters. The van der Waals surface area contributed by atoms with Crippen LogP contribution in [0.4, 0.5) is 0 Å². The summed E-state index contributed by atoms with van der Waals surface area (Å²) in [5, 5.41) is 8.95. The van der Waals surface area contributed by atoms with Crippen LogP contribution >= 0.6 is 0 Å². The number of pyridine rings is 1. The molecule has 2 heterocycles. The van der Waals surface area contributed by atoms with E-state index in [1.165, 1.54) is 6.20 Å². The second-order valence-electron chi connectivity index (χ2n) is 3.00. The number of aromatic carboxylic acids is 1. The van der Waals surface area contributed by atoms with Crippen molar-refractivity contribution in [1.82, 2.24) is 4.98 Å². The highest BCUT2D eigenvalue weighted by Gasteiger charge is 2.13. The summed E-state index contributed by atoms with van der Waals surface area (Å²) in [4.78, 5) is 14.8. The molecule has 1 aliphatic rings. The van der Waals surface area contributed by atoms with E-state index in [0.29, 0.717) is 12.2 Å². The molecule has 0 radical (unpaired) electrons. The summed E-state index contributed by atoms with van der Waals surface area (Å²) >= 11 is 0. The topological polar surface area (TPSA) is 59.4 Å². The van der Waals surface area contributed by atoms with Gasteiger partial charge in [-0.3, -0.25) is 0 Å². The summed E-state index contributed by atoms with van der Waals surface area (Å²) < 4.78 is 5.00. The van der Waals surface area contributed by atoms with Gasteiger partial charge in [0.15, 0.2) is 5.69 Å². The van der Waals surface area contributed by atoms with E-state index < -0.39 is 5.97 Å². The molecule has 0 amide bonds. The predicted molar refractivity (Wildman–Crippen MR) is 54.3 cm³/mol. The molecule has 0 atom stereocenters. The molecule has 0 aromatic carbocycles. The molecule has 0 saturated carbocycles. The normalized spacial score (nSPS) is 14.3. The zero-order chi connectivity index (χ0) is 10.7. The Morgan fingerprint density at radius 2 is 2.40 bits per heavy atom. The maximum Gasteiger partial charge on any atom is 0.355 e. The number of ether oxygens (including phenoxy) is 1. The van der Waals surface area contributed by atoms with Crippen LogP contribution in [0, 0.1) is 0 Å². The second kappa shape index (κ2) is 3.96. The molecule has 1 aromatic heterocycles. The van der Waals surface area contributed by atoms with Crippen LogP contribution in [0.15, 0.2) is 36.7 Å². The number of rotatable bonds is 2. The fraction of sp³-hybridized carbons (Fsp3) is 0.0909. The molecule has 15 heavy (non-hydrogen) atoms. The average molecular weight is 203 g/mol. The van der Waals surface area contributed by atoms with E-state index >= 15 is 0 Å². The van der Waals surface area contributed by atoms with Crippen molar-refractivity contribution in [2.45, 2.75) is 0 Å². The van der Waals surface area contributed by atoms with Gasteiger partial charge in [-0.05, 0) is 23.8 Å². The van der Waals surface area contributed by atoms with Gasteiger partial charge in [0.25, 0.3) is 0 Å². The Kier molecular flexibility index (Phi) is 2.49. The number of carbonyl (C=O) groups is 1. The Balaban J connectivity index is 2.47. The van der Waals surface area contributed by atoms with E-state index in [-0.39, 0.29) is 5.69 Å². The van der Waals surface area contributed by atoms with Gasteiger partial charge in [-0.15, -0.1) is 0 Å². The van der Waals surface area contributed by atoms with Gasteiger partial charge in [0.2, 0.25) is 0 Å². The molecule has 0 fully saturated rings. The summed E-state index contributed by atoms with van der Waals surface area (Å²) in [5.74, 6) is -1.02. The first-order valence-electron chi connectivity index (χ1n) is 4.46. The second-order valence-corrected chi connectivity index (χ2v) is 3.00. The van der Waals surface area contributed by atoms with Crippen molar-refractivity contribution in [2.24, 2.45) is 0 Å². The Morgan fingerprint density at radius 3 is 3.07 bits per heavy atom. The van der Waals surface area contributed by atoms with E-state index in [1.54, 1.807) is 24.5 Å². The van der Waals surface area contributed by atoms with Gasteiger partial charge in [-0.1, -0.05) is 6.07 Å². The fourth-order valence-corrected chi connectivity index (χ4v) is 1.39. The summed E-state index contributed by atoms with van der Waals surface area (Å²) in [6.45, 7) is 0.458. The van der Waals surface area contributed by atoms with Crippen LogP contribution in [0.1, 0.15) is 16.1 Å². The zero-order valence-electron chi connectivity index (χ0n) is 7.88. The Labute approximate surface area is 86.5 Å². The van der Waals surface area contributed by atoms with Gasteiger partial charge >= 0.3 is 5.97 Å². The quantitative estimate of drug-likeness (QED) is 0.794. The van der Waals surface area contributed by atoms with Crippen molar-refractivity contribution in [3.8, 4) is 0 Å². The molecule has 0 spiro atoms. The van der Waals surface area contributed by atoms with Crippen LogP contribution < -0.4 is 0 Å². The van der Waals surface area contributed by atoms with Gasteiger partial charge in [0.05, 0.1) is 6.26 Å². The molecule has 1 N–H and O–H groups in total. The third-order valence-electron chi connectivity index (χ3n) is 2.06. The van der Waals surface area contributed by atoms with Gasteiger partial charge in [-0.25, -0.2) is 9.78 Å². The molecule has 2 rings (SSSR count). The highest BCUT2D eigenvalue weighted by atomic mass is 16.5. The van der Waals surface area contributed by atoms with Crippen LogP contribution in [0.25, 0.3) is 5.57 Å². The van der Waals surface area contributed by atoms with Gasteiger partial charge in [-0.2, -0.15) is 0 Å². The first-order chi connectivity index (χ1) is 7.29. The summed E-state index contributed by atoms with van der Waals surface area (Å²) in [6, 6.07) is 3.45. The molecular weight excluding hydrogens is 194 g/mol. The first kappa shape index (κ1) is 9.45. The number of aromatic nitrogens is 1. The van der Waals surface area contributed by atoms with E-state index in [9.17, 15) is 4.79 Å². The molecular formula is C11H9NO3. The third kappa shape index (κ3) is 1.88. The number of allylic oxidation sites excluding steroid dienone is 2. The minimum Gasteiger partial charge on any atom is -0.497 e. The van der Waals surface area contributed by atoms with Crippen molar-refractivity contribution >= 4 is 11.5 Å². The third-order valence-corrected chi connectivity index (χ3v) is 2.06. The molecule has 0 saturated heterocycles. The fourth-order valence-electron chi connectivity index (χ4n) is 1.39. The number of carboxylic acid groups (broad SMARTS) is 1. The van der Waals surface area contributed by atoms with E-state index in [0.717, 1.165) is 5.57 Å². The summed E-state index contributed by atoms with van der Waals surface area (Å²) in [5.41, 5.74) is 1.51. The Morgan fingerprint density at radius 1 is 1.53 bits per heavy atom. The van der Waals surface area contributed by atoms with Crippen molar-refractivity contribution in [3.63, 3.8) is 0 Å². The van der Waals surface area contributed by atoms with Gasteiger partial charge in [0, 0.05) is 11.8 Å². The van der Waals surface area contributed by atoms with Gasteiger partial charge in [0.1, 0.15) is 6.61 Å². The lowest BCUT2D eigenvalue weighted by Gasteiger charge is -2.09. The molecule has 76 valence electrons. The highest BCUT2D eigenvalue weighted by molar-refractivity contribution is 5.93. The van der Waals surface area contributed by atoms with Crippen LogP contribution in [0.5, 0.6) is 0 Å². The Bertz CT molecular complexity index is 449. The maximum atomic E-state index is 10.9. The molecule has 1 aromatic rings. The first-order valence-corrected chi connectivity index (χ1v) is 4.46. The minimum absolute atomic E-state index is 0.0651. The average Bonchev–Trinajstić information content (AvgIpc) is 2.30. The van der Waals surface area contributed by atoms with E-state index in [1.807, 2.05) is 6.08 Å². The number of nitrogens with zero attached hydrogens (tertiary/aromatic N) is 1. The maximum absolute atomic E-state index is 10.9. The van der Waals surface area contributed by atoms with E-state index in [4.69, 9.17) is 9.84 Å². The van der Waals surface area contributed by atoms with Crippen molar-refractivity contribution < 1.29 is 14.6 Å². The number of hydrogen-bond donors (Lipinski definition) is 1.